The molecule has 2 aromatic carbocycles. The van der Waals surface area contributed by atoms with Crippen LogP contribution in [0.4, 0.5) is 11.4 Å². The van der Waals surface area contributed by atoms with E-state index in [-0.39, 0.29) is 64.1 Å². The van der Waals surface area contributed by atoms with Gasteiger partial charge in [0.2, 0.25) is 0 Å². The van der Waals surface area contributed by atoms with Crippen molar-refractivity contribution in [1.82, 2.24) is 10.6 Å². The molecule has 1 aliphatic carbocycles. The van der Waals surface area contributed by atoms with Crippen LogP contribution < -0.4 is 20.1 Å². The van der Waals surface area contributed by atoms with E-state index < -0.39 is 16.1 Å². The molecule has 0 heterocycles. The van der Waals surface area contributed by atoms with Gasteiger partial charge in [0.15, 0.2) is 6.61 Å². The van der Waals surface area contributed by atoms with Gasteiger partial charge in [-0.05, 0) is 49.9 Å². The molecule has 0 radical (unpaired) electrons. The molecule has 0 bridgehead atoms. The third-order valence-electron chi connectivity index (χ3n) is 5.53. The van der Waals surface area contributed by atoms with Gasteiger partial charge in [0, 0.05) is 12.1 Å². The molecule has 1 fully saturated rings. The summed E-state index contributed by atoms with van der Waals surface area (Å²) in [6.07, 6.45) is 1.74. The summed E-state index contributed by atoms with van der Waals surface area (Å²) in [6.45, 7) is -0.411. The van der Waals surface area contributed by atoms with E-state index >= 15 is 0 Å². The third kappa shape index (κ3) is 7.92. The maximum absolute atomic E-state index is 12.2. The van der Waals surface area contributed by atoms with E-state index in [2.05, 4.69) is 10.6 Å². The van der Waals surface area contributed by atoms with Crippen molar-refractivity contribution < 1.29 is 29.2 Å². The lowest BCUT2D eigenvalue weighted by atomic mass is 9.91. The molecule has 0 spiro atoms. The second kappa shape index (κ2) is 12.7. The van der Waals surface area contributed by atoms with Gasteiger partial charge in [-0.15, -0.1) is 0 Å². The Balaban J connectivity index is 1.36. The van der Waals surface area contributed by atoms with Crippen molar-refractivity contribution in [2.45, 2.75) is 44.0 Å². The maximum atomic E-state index is 12.2. The lowest BCUT2D eigenvalue weighted by Crippen LogP contribution is -2.47. The van der Waals surface area contributed by atoms with Gasteiger partial charge in [0.25, 0.3) is 17.3 Å². The highest BCUT2D eigenvalue weighted by Gasteiger charge is 2.24. The number of carbonyl (C=O) groups is 1. The lowest BCUT2D eigenvalue weighted by molar-refractivity contribution is -0.384. The number of amides is 1. The van der Waals surface area contributed by atoms with Crippen molar-refractivity contribution in [1.29, 1.82) is 0 Å². The van der Waals surface area contributed by atoms with Gasteiger partial charge >= 0.3 is 0 Å². The first-order valence-corrected chi connectivity index (χ1v) is 11.7. The third-order valence-corrected chi connectivity index (χ3v) is 6.17. The number of nitro groups is 2. The second-order valence-corrected chi connectivity index (χ2v) is 8.95. The number of aliphatic hydroxyl groups is 1. The predicted octanol–water partition coefficient (Wildman–Crippen LogP) is 3.60. The molecular formula is C22H24Cl2N4O8. The molecule has 12 nitrogen and oxygen atoms in total. The number of nitrogens with zero attached hydrogens (tertiary/aromatic N) is 2. The fourth-order valence-electron chi connectivity index (χ4n) is 3.76. The molecule has 0 saturated heterocycles. The van der Waals surface area contributed by atoms with Crippen LogP contribution >= 0.6 is 23.2 Å². The van der Waals surface area contributed by atoms with Crippen LogP contribution in [0.1, 0.15) is 25.7 Å². The van der Waals surface area contributed by atoms with E-state index in [0.717, 1.165) is 6.07 Å². The van der Waals surface area contributed by atoms with Crippen LogP contribution in [0.2, 0.25) is 10.0 Å². The van der Waals surface area contributed by atoms with Crippen molar-refractivity contribution in [3.05, 3.63) is 66.7 Å². The minimum Gasteiger partial charge on any atom is -0.489 e. The first-order chi connectivity index (χ1) is 17.1. The summed E-state index contributed by atoms with van der Waals surface area (Å²) in [5.41, 5.74) is -0.584. The molecule has 14 heteroatoms. The number of nitro benzene ring substituents is 2. The summed E-state index contributed by atoms with van der Waals surface area (Å²) in [7, 11) is 0. The Morgan fingerprint density at radius 2 is 1.44 bits per heavy atom. The summed E-state index contributed by atoms with van der Waals surface area (Å²) in [4.78, 5) is 32.9. The fraction of sp³-hybridized carbons (Fsp3) is 0.409. The van der Waals surface area contributed by atoms with Crippen LogP contribution in [0.5, 0.6) is 11.5 Å². The molecule has 194 valence electrons. The van der Waals surface area contributed by atoms with Crippen molar-refractivity contribution in [2.75, 3.05) is 13.2 Å². The quantitative estimate of drug-likeness (QED) is 0.218. The maximum Gasteiger partial charge on any atom is 0.291 e. The van der Waals surface area contributed by atoms with Gasteiger partial charge in [-0.2, -0.15) is 0 Å². The minimum atomic E-state index is -0.993. The van der Waals surface area contributed by atoms with Crippen LogP contribution in [-0.2, 0) is 4.79 Å². The summed E-state index contributed by atoms with van der Waals surface area (Å²) >= 11 is 11.5. The summed E-state index contributed by atoms with van der Waals surface area (Å²) in [5.74, 6) is 0.0295. The van der Waals surface area contributed by atoms with Gasteiger partial charge in [0.1, 0.15) is 34.4 Å². The van der Waals surface area contributed by atoms with Crippen LogP contribution in [0, 0.1) is 20.2 Å². The first kappa shape index (κ1) is 27.4. The monoisotopic (exact) mass is 542 g/mol. The van der Waals surface area contributed by atoms with Crippen molar-refractivity contribution in [2.24, 2.45) is 0 Å². The zero-order chi connectivity index (χ0) is 26.2. The Morgan fingerprint density at radius 1 is 0.944 bits per heavy atom. The molecule has 3 rings (SSSR count). The molecule has 1 aliphatic rings. The molecule has 0 aromatic heterocycles. The number of halogens is 2. The molecule has 1 saturated carbocycles. The first-order valence-electron chi connectivity index (χ1n) is 11.0. The van der Waals surface area contributed by atoms with Crippen molar-refractivity contribution >= 4 is 40.5 Å². The van der Waals surface area contributed by atoms with Gasteiger partial charge in [-0.1, -0.05) is 23.2 Å². The zero-order valence-corrected chi connectivity index (χ0v) is 20.4. The Morgan fingerprint density at radius 3 is 1.97 bits per heavy atom. The normalized spacial score (nSPS) is 18.2. The molecule has 0 aliphatic heterocycles. The Bertz CT molecular complexity index is 1110. The van der Waals surface area contributed by atoms with E-state index in [1.807, 2.05) is 0 Å². The number of rotatable bonds is 11. The largest absolute Gasteiger partial charge is 0.489 e. The average Bonchev–Trinajstić information content (AvgIpc) is 2.84. The van der Waals surface area contributed by atoms with Gasteiger partial charge in [0.05, 0.1) is 22.0 Å². The predicted molar refractivity (Wildman–Crippen MR) is 131 cm³/mol. The number of hydrogen-bond donors (Lipinski definition) is 3. The molecule has 36 heavy (non-hydrogen) atoms. The highest BCUT2D eigenvalue weighted by Crippen LogP contribution is 2.29. The van der Waals surface area contributed by atoms with Crippen LogP contribution in [-0.4, -0.2) is 52.4 Å². The standard InChI is InChI=1S/C22H24Cl2N4O8/c23-17-7-5-15(9-19(17)27(31)32)35-11-21(29)25-13-1-2-14(4-3-13)26-22(30)12-36-16-6-8-18(24)20(10-16)28(33)34/h5-10,13-14,21,25,29H,1-4,11-12H2,(H,26,30). The van der Waals surface area contributed by atoms with Gasteiger partial charge < -0.3 is 19.9 Å². The van der Waals surface area contributed by atoms with Crippen LogP contribution in [0.25, 0.3) is 0 Å². The van der Waals surface area contributed by atoms with Gasteiger partial charge in [-0.25, -0.2) is 0 Å². The topological polar surface area (TPSA) is 166 Å². The highest BCUT2D eigenvalue weighted by molar-refractivity contribution is 6.33. The molecule has 1 unspecified atom stereocenters. The Kier molecular flexibility index (Phi) is 9.65. The number of benzene rings is 2. The number of ether oxygens (including phenoxy) is 2. The van der Waals surface area contributed by atoms with E-state index in [0.29, 0.717) is 25.7 Å². The summed E-state index contributed by atoms with van der Waals surface area (Å²) in [5, 5.41) is 38.0. The molecule has 1 amide bonds. The number of nitrogens with one attached hydrogen (secondary N) is 2. The summed E-state index contributed by atoms with van der Waals surface area (Å²) in [6, 6.07) is 7.91. The van der Waals surface area contributed by atoms with Crippen molar-refractivity contribution in [3.63, 3.8) is 0 Å². The molecule has 3 N–H and O–H groups in total. The molecular weight excluding hydrogens is 519 g/mol. The number of hydrogen-bond acceptors (Lipinski definition) is 9. The summed E-state index contributed by atoms with van der Waals surface area (Å²) < 4.78 is 10.8. The lowest BCUT2D eigenvalue weighted by Gasteiger charge is -2.31. The fourth-order valence-corrected chi connectivity index (χ4v) is 4.14. The molecule has 1 atom stereocenters. The smallest absolute Gasteiger partial charge is 0.291 e. The van der Waals surface area contributed by atoms with Gasteiger partial charge in [-0.3, -0.25) is 30.3 Å². The van der Waals surface area contributed by atoms with E-state index in [4.69, 9.17) is 32.7 Å². The van der Waals surface area contributed by atoms with Crippen LogP contribution in [0.15, 0.2) is 36.4 Å². The van der Waals surface area contributed by atoms with E-state index in [1.54, 1.807) is 0 Å². The Labute approximate surface area is 215 Å². The zero-order valence-electron chi connectivity index (χ0n) is 18.9. The van der Waals surface area contributed by atoms with E-state index in [9.17, 15) is 30.1 Å². The van der Waals surface area contributed by atoms with Crippen LogP contribution in [0.3, 0.4) is 0 Å². The number of aliphatic hydroxyl groups excluding tert-OH is 1. The average molecular weight is 543 g/mol. The Hall–Kier alpha value is -3.19. The highest BCUT2D eigenvalue weighted by atomic mass is 35.5. The SMILES string of the molecule is O=C(COc1ccc(Cl)c([N+](=O)[O-])c1)NC1CCC(NC(O)COc2ccc(Cl)c([N+](=O)[O-])c2)CC1. The molecule has 2 aromatic rings. The van der Waals surface area contributed by atoms with Crippen molar-refractivity contribution in [3.8, 4) is 11.5 Å². The number of carbonyl (C=O) groups excluding carboxylic acids is 1. The van der Waals surface area contributed by atoms with E-state index in [1.165, 1.54) is 30.3 Å². The second-order valence-electron chi connectivity index (χ2n) is 8.14. The minimum absolute atomic E-state index is 0.00201.